The van der Waals surface area contributed by atoms with E-state index in [0.29, 0.717) is 24.8 Å². The van der Waals surface area contributed by atoms with Crippen LogP contribution in [0.15, 0.2) is 60.6 Å². The van der Waals surface area contributed by atoms with Gasteiger partial charge in [0.25, 0.3) is 0 Å². The maximum Gasteiger partial charge on any atom is 0.323 e. The van der Waals surface area contributed by atoms with Gasteiger partial charge in [0.1, 0.15) is 11.5 Å². The lowest BCUT2D eigenvalue weighted by Gasteiger charge is -2.33. The van der Waals surface area contributed by atoms with E-state index >= 15 is 0 Å². The Kier molecular flexibility index (Phi) is 6.25. The number of benzene rings is 1. The Labute approximate surface area is 199 Å². The number of piperidine rings is 1. The van der Waals surface area contributed by atoms with Crippen LogP contribution in [0.4, 0.5) is 10.6 Å². The number of aromatic nitrogens is 3. The third-order valence-corrected chi connectivity index (χ3v) is 6.30. The Morgan fingerprint density at radius 2 is 1.97 bits per heavy atom. The minimum absolute atomic E-state index is 0.138. The van der Waals surface area contributed by atoms with Gasteiger partial charge in [0.05, 0.1) is 24.3 Å². The highest BCUT2D eigenvalue weighted by atomic mass is 16.5. The van der Waals surface area contributed by atoms with Crippen molar-refractivity contribution in [3.8, 4) is 11.5 Å². The molecule has 1 aliphatic carbocycles. The molecule has 7 heteroatoms. The molecular weight excluding hydrogens is 426 g/mol. The van der Waals surface area contributed by atoms with Crippen molar-refractivity contribution in [3.05, 3.63) is 77.5 Å². The monoisotopic (exact) mass is 455 g/mol. The Morgan fingerprint density at radius 1 is 1.09 bits per heavy atom. The van der Waals surface area contributed by atoms with E-state index in [1.807, 2.05) is 42.3 Å². The quantitative estimate of drug-likeness (QED) is 0.525. The van der Waals surface area contributed by atoms with Crippen LogP contribution in [0.3, 0.4) is 0 Å². The standard InChI is InChI=1S/C27H29N5O2/c1-18-17-32(27(33)31-26-16-28-19(2)14-30-26)11-10-22(18)12-20-4-3-5-23(13-20)34-24-8-9-25(29-15-24)21-6-7-21/h3-5,8-9,12-16,18,21H,6-7,10-11,17H2,1-2H3,(H,30,31,33). The number of anilines is 1. The first-order valence-electron chi connectivity index (χ1n) is 11.8. The van der Waals surface area contributed by atoms with Crippen molar-refractivity contribution in [3.63, 3.8) is 0 Å². The number of rotatable bonds is 5. The molecule has 0 spiro atoms. The minimum atomic E-state index is -0.138. The molecular formula is C27H29N5O2. The van der Waals surface area contributed by atoms with Crippen LogP contribution >= 0.6 is 0 Å². The van der Waals surface area contributed by atoms with Gasteiger partial charge in [0, 0.05) is 24.7 Å². The van der Waals surface area contributed by atoms with Crippen LogP contribution in [0.1, 0.15) is 49.1 Å². The number of urea groups is 1. The van der Waals surface area contributed by atoms with Gasteiger partial charge in [0.2, 0.25) is 0 Å². The SMILES string of the molecule is Cc1cnc(NC(=O)N2CCC(=Cc3cccc(Oc4ccc(C5CC5)nc4)c3)C(C)C2)cn1. The number of nitrogens with one attached hydrogen (secondary N) is 1. The minimum Gasteiger partial charge on any atom is -0.456 e. The van der Waals surface area contributed by atoms with Gasteiger partial charge in [0.15, 0.2) is 5.82 Å². The lowest BCUT2D eigenvalue weighted by Crippen LogP contribution is -2.42. The molecule has 174 valence electrons. The molecule has 0 radical (unpaired) electrons. The first kappa shape index (κ1) is 22.1. The van der Waals surface area contributed by atoms with Gasteiger partial charge < -0.3 is 9.64 Å². The van der Waals surface area contributed by atoms with E-state index in [9.17, 15) is 4.79 Å². The zero-order valence-corrected chi connectivity index (χ0v) is 19.6. The molecule has 7 nitrogen and oxygen atoms in total. The average Bonchev–Trinajstić information content (AvgIpc) is 3.68. The van der Waals surface area contributed by atoms with Crippen molar-refractivity contribution < 1.29 is 9.53 Å². The van der Waals surface area contributed by atoms with E-state index in [1.165, 1.54) is 18.4 Å². The second-order valence-corrected chi connectivity index (χ2v) is 9.16. The zero-order valence-electron chi connectivity index (χ0n) is 19.6. The van der Waals surface area contributed by atoms with E-state index in [0.717, 1.165) is 34.9 Å². The van der Waals surface area contributed by atoms with Crippen LogP contribution in [0, 0.1) is 12.8 Å². The normalized spacial score (nSPS) is 19.2. The highest BCUT2D eigenvalue weighted by Gasteiger charge is 2.25. The van der Waals surface area contributed by atoms with Gasteiger partial charge in [-0.05, 0) is 61.9 Å². The molecule has 0 bridgehead atoms. The van der Waals surface area contributed by atoms with Gasteiger partial charge >= 0.3 is 6.03 Å². The number of carbonyl (C=O) groups is 1. The fraction of sp³-hybridized carbons (Fsp3) is 0.333. The first-order chi connectivity index (χ1) is 16.5. The van der Waals surface area contributed by atoms with E-state index < -0.39 is 0 Å². The van der Waals surface area contributed by atoms with Crippen molar-refractivity contribution in [2.45, 2.75) is 39.0 Å². The molecule has 2 fully saturated rings. The van der Waals surface area contributed by atoms with E-state index in [-0.39, 0.29) is 11.9 Å². The Balaban J connectivity index is 1.20. The zero-order chi connectivity index (χ0) is 23.5. The number of nitrogens with zero attached hydrogens (tertiary/aromatic N) is 4. The third-order valence-electron chi connectivity index (χ3n) is 6.30. The van der Waals surface area contributed by atoms with Crippen LogP contribution in [0.25, 0.3) is 6.08 Å². The predicted octanol–water partition coefficient (Wildman–Crippen LogP) is 5.81. The molecule has 1 unspecified atom stereocenters. The van der Waals surface area contributed by atoms with Gasteiger partial charge in [-0.15, -0.1) is 0 Å². The average molecular weight is 456 g/mol. The summed E-state index contributed by atoms with van der Waals surface area (Å²) < 4.78 is 6.04. The van der Waals surface area contributed by atoms with E-state index in [1.54, 1.807) is 12.4 Å². The van der Waals surface area contributed by atoms with E-state index in [4.69, 9.17) is 4.74 Å². The molecule has 1 aliphatic heterocycles. The largest absolute Gasteiger partial charge is 0.456 e. The van der Waals surface area contributed by atoms with Gasteiger partial charge in [-0.25, -0.2) is 9.78 Å². The number of pyridine rings is 1. The summed E-state index contributed by atoms with van der Waals surface area (Å²) in [6.07, 6.45) is 10.6. The summed E-state index contributed by atoms with van der Waals surface area (Å²) in [5.74, 6) is 2.91. The second kappa shape index (κ2) is 9.63. The molecule has 1 saturated heterocycles. The highest BCUT2D eigenvalue weighted by molar-refractivity contribution is 5.88. The molecule has 1 saturated carbocycles. The summed E-state index contributed by atoms with van der Waals surface area (Å²) in [7, 11) is 0. The molecule has 3 aromatic rings. The molecule has 5 rings (SSSR count). The number of likely N-dealkylation sites (tertiary alicyclic amines) is 1. The van der Waals surface area contributed by atoms with Crippen molar-refractivity contribution in [2.24, 2.45) is 5.92 Å². The van der Waals surface area contributed by atoms with E-state index in [2.05, 4.69) is 45.4 Å². The predicted molar refractivity (Wildman–Crippen MR) is 132 cm³/mol. The Morgan fingerprint density at radius 3 is 2.68 bits per heavy atom. The summed E-state index contributed by atoms with van der Waals surface area (Å²) >= 11 is 0. The lowest BCUT2D eigenvalue weighted by atomic mass is 9.91. The number of ether oxygens (including phenoxy) is 1. The van der Waals surface area contributed by atoms with Crippen molar-refractivity contribution in [2.75, 3.05) is 18.4 Å². The molecule has 2 amide bonds. The maximum absolute atomic E-state index is 12.6. The number of hydrogen-bond donors (Lipinski definition) is 1. The molecule has 34 heavy (non-hydrogen) atoms. The van der Waals surface area contributed by atoms with Gasteiger partial charge in [-0.1, -0.05) is 30.7 Å². The summed E-state index contributed by atoms with van der Waals surface area (Å²) in [4.78, 5) is 27.4. The highest BCUT2D eigenvalue weighted by Crippen LogP contribution is 2.39. The molecule has 1 atom stereocenters. The van der Waals surface area contributed by atoms with Crippen molar-refractivity contribution in [1.29, 1.82) is 0 Å². The molecule has 2 aromatic heterocycles. The Hall–Kier alpha value is -3.74. The summed E-state index contributed by atoms with van der Waals surface area (Å²) in [6, 6.07) is 12.0. The number of amides is 2. The topological polar surface area (TPSA) is 80.2 Å². The van der Waals surface area contributed by atoms with Gasteiger partial charge in [-0.3, -0.25) is 15.3 Å². The van der Waals surface area contributed by atoms with Crippen LogP contribution < -0.4 is 10.1 Å². The van der Waals surface area contributed by atoms with Crippen LogP contribution in [-0.4, -0.2) is 39.0 Å². The molecule has 1 aromatic carbocycles. The van der Waals surface area contributed by atoms with Crippen molar-refractivity contribution in [1.82, 2.24) is 19.9 Å². The number of aryl methyl sites for hydroxylation is 1. The number of carbonyl (C=O) groups excluding carboxylic acids is 1. The van der Waals surface area contributed by atoms with Crippen LogP contribution in [0.2, 0.25) is 0 Å². The molecule has 2 aliphatic rings. The fourth-order valence-electron chi connectivity index (χ4n) is 4.18. The Bertz CT molecular complexity index is 1190. The maximum atomic E-state index is 12.6. The van der Waals surface area contributed by atoms with Crippen LogP contribution in [0.5, 0.6) is 11.5 Å². The molecule has 1 N–H and O–H groups in total. The molecule has 3 heterocycles. The summed E-state index contributed by atoms with van der Waals surface area (Å²) in [5, 5.41) is 2.84. The lowest BCUT2D eigenvalue weighted by molar-refractivity contribution is 0.197. The van der Waals surface area contributed by atoms with Crippen molar-refractivity contribution >= 4 is 17.9 Å². The van der Waals surface area contributed by atoms with Gasteiger partial charge in [-0.2, -0.15) is 0 Å². The summed E-state index contributed by atoms with van der Waals surface area (Å²) in [6.45, 7) is 5.34. The number of hydrogen-bond acceptors (Lipinski definition) is 5. The third kappa shape index (κ3) is 5.42. The first-order valence-corrected chi connectivity index (χ1v) is 11.8. The fourth-order valence-corrected chi connectivity index (χ4v) is 4.18. The smallest absolute Gasteiger partial charge is 0.323 e. The van der Waals surface area contributed by atoms with Crippen LogP contribution in [-0.2, 0) is 0 Å². The summed E-state index contributed by atoms with van der Waals surface area (Å²) in [5.41, 5.74) is 4.39. The second-order valence-electron chi connectivity index (χ2n) is 9.16.